The van der Waals surface area contributed by atoms with Gasteiger partial charge in [-0.15, -0.1) is 5.10 Å². The first-order valence-electron chi connectivity index (χ1n) is 15.5. The van der Waals surface area contributed by atoms with Crippen LogP contribution in [0.25, 0.3) is 33.2 Å². The number of rotatable bonds is 5. The average Bonchev–Trinajstić information content (AvgIpc) is 3.57. The van der Waals surface area contributed by atoms with Crippen molar-refractivity contribution < 1.29 is 9.13 Å². The number of aromatic nitrogens is 5. The Morgan fingerprint density at radius 1 is 0.932 bits per heavy atom. The Morgan fingerprint density at radius 2 is 1.73 bits per heavy atom. The summed E-state index contributed by atoms with van der Waals surface area (Å²) in [6, 6.07) is 24.9. The molecule has 2 aliphatic rings. The Labute approximate surface area is 255 Å². The summed E-state index contributed by atoms with van der Waals surface area (Å²) in [6.45, 7) is 5.30. The topological polar surface area (TPSA) is 61.0 Å². The fraction of sp³-hybridized carbons (Fsp3) is 0.306. The van der Waals surface area contributed by atoms with Gasteiger partial charge >= 0.3 is 0 Å². The normalized spacial score (nSPS) is 16.5. The summed E-state index contributed by atoms with van der Waals surface area (Å²) in [5, 5.41) is 9.69. The molecular weight excluding hydrogens is 551 g/mol. The van der Waals surface area contributed by atoms with Crippen LogP contribution in [0, 0.1) is 18.7 Å². The number of fused-ring (bicyclic) bond motifs is 4. The molecule has 3 aromatic heterocycles. The Kier molecular flexibility index (Phi) is 6.67. The zero-order valence-electron chi connectivity index (χ0n) is 25.1. The third kappa shape index (κ3) is 4.56. The lowest BCUT2D eigenvalue weighted by molar-refractivity contribution is 0.0552. The molecule has 0 unspecified atom stereocenters. The lowest BCUT2D eigenvalue weighted by atomic mass is 9.86. The standard InChI is InChI=1S/C36H35FN6O/c1-23-35(41(2)40-39-23)28-19-33-34(38-21-28)31-20-30(42-16-13-24-5-3-4-6-27(24)22-42)11-12-32(31)43(33)36(26-14-17-44-18-15-26)25-7-9-29(37)10-8-25/h3-12,19-21,26,36H,13-18,22H2,1-2H3/t36-/m1/s1. The van der Waals surface area contributed by atoms with Gasteiger partial charge in [0.25, 0.3) is 0 Å². The van der Waals surface area contributed by atoms with Gasteiger partial charge in [-0.05, 0) is 85.2 Å². The van der Waals surface area contributed by atoms with Gasteiger partial charge in [0.1, 0.15) is 5.82 Å². The van der Waals surface area contributed by atoms with Crippen LogP contribution < -0.4 is 4.90 Å². The quantitative estimate of drug-likeness (QED) is 0.218. The van der Waals surface area contributed by atoms with Gasteiger partial charge in [0.15, 0.2) is 0 Å². The van der Waals surface area contributed by atoms with Crippen LogP contribution in [0.4, 0.5) is 10.1 Å². The maximum atomic E-state index is 14.2. The van der Waals surface area contributed by atoms with Crippen LogP contribution >= 0.6 is 0 Å². The van der Waals surface area contributed by atoms with Gasteiger partial charge in [0.2, 0.25) is 0 Å². The summed E-state index contributed by atoms with van der Waals surface area (Å²) in [5.74, 6) is 0.104. The van der Waals surface area contributed by atoms with Crippen molar-refractivity contribution in [3.05, 3.63) is 107 Å². The number of pyridine rings is 1. The van der Waals surface area contributed by atoms with E-state index in [0.717, 1.165) is 90.0 Å². The lowest BCUT2D eigenvalue weighted by Crippen LogP contribution is -2.30. The first-order chi connectivity index (χ1) is 21.5. The molecule has 0 N–H and O–H groups in total. The number of ether oxygens (including phenoxy) is 1. The fourth-order valence-electron chi connectivity index (χ4n) is 7.42. The van der Waals surface area contributed by atoms with Crippen molar-refractivity contribution in [2.24, 2.45) is 13.0 Å². The van der Waals surface area contributed by atoms with Gasteiger partial charge < -0.3 is 14.2 Å². The molecule has 3 aromatic carbocycles. The van der Waals surface area contributed by atoms with Crippen molar-refractivity contribution in [2.75, 3.05) is 24.7 Å². The molecule has 1 fully saturated rings. The molecule has 0 aliphatic carbocycles. The summed E-state index contributed by atoms with van der Waals surface area (Å²) in [6.07, 6.45) is 4.85. The zero-order valence-corrected chi connectivity index (χ0v) is 25.1. The number of aryl methyl sites for hydroxylation is 2. The van der Waals surface area contributed by atoms with E-state index in [1.165, 1.54) is 16.8 Å². The molecule has 0 spiro atoms. The highest BCUT2D eigenvalue weighted by atomic mass is 19.1. The minimum Gasteiger partial charge on any atom is -0.381 e. The number of hydrogen-bond acceptors (Lipinski definition) is 5. The average molecular weight is 587 g/mol. The van der Waals surface area contributed by atoms with E-state index in [4.69, 9.17) is 9.72 Å². The third-order valence-electron chi connectivity index (χ3n) is 9.59. The number of benzene rings is 3. The zero-order chi connectivity index (χ0) is 29.8. The monoisotopic (exact) mass is 586 g/mol. The van der Waals surface area contributed by atoms with Crippen LogP contribution in [0.15, 0.2) is 79.0 Å². The second-order valence-electron chi connectivity index (χ2n) is 12.2. The highest BCUT2D eigenvalue weighted by molar-refractivity contribution is 6.08. The van der Waals surface area contributed by atoms with E-state index in [2.05, 4.69) is 68.3 Å². The SMILES string of the molecule is Cc1nnn(C)c1-c1cnc2c3cc(N4CCc5ccccc5C4)ccc3n([C@H](c3ccc(F)cc3)C3CCOCC3)c2c1. The molecule has 6 aromatic rings. The van der Waals surface area contributed by atoms with Gasteiger partial charge in [-0.25, -0.2) is 9.07 Å². The molecule has 44 heavy (non-hydrogen) atoms. The Balaban J connectivity index is 1.35. The maximum Gasteiger partial charge on any atom is 0.123 e. The molecule has 7 nitrogen and oxygen atoms in total. The second-order valence-corrected chi connectivity index (χ2v) is 12.2. The van der Waals surface area contributed by atoms with Crippen molar-refractivity contribution in [1.29, 1.82) is 0 Å². The number of halogens is 1. The first kappa shape index (κ1) is 27.0. The number of hydrogen-bond donors (Lipinski definition) is 0. The van der Waals surface area contributed by atoms with E-state index >= 15 is 0 Å². The molecule has 222 valence electrons. The van der Waals surface area contributed by atoms with E-state index in [-0.39, 0.29) is 11.9 Å². The molecular formula is C36H35FN6O. The molecule has 8 rings (SSSR count). The summed E-state index contributed by atoms with van der Waals surface area (Å²) >= 11 is 0. The van der Waals surface area contributed by atoms with E-state index in [1.54, 1.807) is 12.1 Å². The third-order valence-corrected chi connectivity index (χ3v) is 9.59. The Hall–Kier alpha value is -4.56. The van der Waals surface area contributed by atoms with Crippen molar-refractivity contribution in [3.63, 3.8) is 0 Å². The Bertz CT molecular complexity index is 1970. The molecule has 1 atom stereocenters. The largest absolute Gasteiger partial charge is 0.381 e. The van der Waals surface area contributed by atoms with E-state index in [9.17, 15) is 4.39 Å². The molecule has 0 saturated carbocycles. The molecule has 0 bridgehead atoms. The van der Waals surface area contributed by atoms with Gasteiger partial charge in [-0.3, -0.25) is 4.98 Å². The molecule has 5 heterocycles. The lowest BCUT2D eigenvalue weighted by Gasteiger charge is -2.33. The van der Waals surface area contributed by atoms with Crippen LogP contribution in [-0.2, 0) is 24.8 Å². The fourth-order valence-corrected chi connectivity index (χ4v) is 7.42. The van der Waals surface area contributed by atoms with Gasteiger partial charge in [0, 0.05) is 56.2 Å². The van der Waals surface area contributed by atoms with E-state index < -0.39 is 0 Å². The first-order valence-corrected chi connectivity index (χ1v) is 15.5. The van der Waals surface area contributed by atoms with Crippen LogP contribution in [0.2, 0.25) is 0 Å². The van der Waals surface area contributed by atoms with Crippen molar-refractivity contribution in [2.45, 2.75) is 38.8 Å². The Morgan fingerprint density at radius 3 is 2.50 bits per heavy atom. The van der Waals surface area contributed by atoms with E-state index in [0.29, 0.717) is 5.92 Å². The predicted octanol–water partition coefficient (Wildman–Crippen LogP) is 7.01. The van der Waals surface area contributed by atoms with Crippen LogP contribution in [0.3, 0.4) is 0 Å². The summed E-state index contributed by atoms with van der Waals surface area (Å²) in [7, 11) is 1.92. The number of nitrogens with zero attached hydrogens (tertiary/aromatic N) is 6. The molecule has 0 amide bonds. The molecule has 2 aliphatic heterocycles. The summed E-state index contributed by atoms with van der Waals surface area (Å²) in [4.78, 5) is 7.60. The summed E-state index contributed by atoms with van der Waals surface area (Å²) < 4.78 is 24.3. The second kappa shape index (κ2) is 10.9. The van der Waals surface area contributed by atoms with Gasteiger partial charge in [0.05, 0.1) is 34.0 Å². The number of anilines is 1. The van der Waals surface area contributed by atoms with Crippen LogP contribution in [0.5, 0.6) is 0 Å². The smallest absolute Gasteiger partial charge is 0.123 e. The minimum atomic E-state index is -0.224. The van der Waals surface area contributed by atoms with Gasteiger partial charge in [-0.1, -0.05) is 41.6 Å². The molecule has 1 saturated heterocycles. The highest BCUT2D eigenvalue weighted by Crippen LogP contribution is 2.42. The highest BCUT2D eigenvalue weighted by Gasteiger charge is 2.31. The van der Waals surface area contributed by atoms with E-state index in [1.807, 2.05) is 37.0 Å². The minimum absolute atomic E-state index is 0.00461. The molecule has 0 radical (unpaired) electrons. The van der Waals surface area contributed by atoms with Crippen molar-refractivity contribution in [3.8, 4) is 11.3 Å². The van der Waals surface area contributed by atoms with Crippen LogP contribution in [0.1, 0.15) is 41.3 Å². The van der Waals surface area contributed by atoms with Crippen LogP contribution in [-0.4, -0.2) is 44.3 Å². The van der Waals surface area contributed by atoms with Crippen molar-refractivity contribution in [1.82, 2.24) is 24.5 Å². The molecule has 8 heteroatoms. The van der Waals surface area contributed by atoms with Crippen molar-refractivity contribution >= 4 is 27.6 Å². The maximum absolute atomic E-state index is 14.2. The van der Waals surface area contributed by atoms with Gasteiger partial charge in [-0.2, -0.15) is 0 Å². The predicted molar refractivity (Wildman–Crippen MR) is 171 cm³/mol. The summed E-state index contributed by atoms with van der Waals surface area (Å²) in [5.41, 5.74) is 11.1.